The third-order valence-corrected chi connectivity index (χ3v) is 2.67. The van der Waals surface area contributed by atoms with Crippen molar-refractivity contribution in [2.75, 3.05) is 13.2 Å². The van der Waals surface area contributed by atoms with Crippen LogP contribution in [0, 0.1) is 11.7 Å². The summed E-state index contributed by atoms with van der Waals surface area (Å²) < 4.78 is 18.7. The summed E-state index contributed by atoms with van der Waals surface area (Å²) in [6.45, 7) is 3.51. The fourth-order valence-corrected chi connectivity index (χ4v) is 1.83. The van der Waals surface area contributed by atoms with Crippen molar-refractivity contribution in [3.63, 3.8) is 0 Å². The van der Waals surface area contributed by atoms with Gasteiger partial charge in [-0.15, -0.1) is 0 Å². The van der Waals surface area contributed by atoms with E-state index in [2.05, 4.69) is 6.92 Å². The third kappa shape index (κ3) is 1.59. The second kappa shape index (κ2) is 3.46. The molecular weight excluding hydrogens is 167 g/mol. The monoisotopic (exact) mass is 180 g/mol. The smallest absolute Gasteiger partial charge is 0.126 e. The van der Waals surface area contributed by atoms with Gasteiger partial charge < -0.3 is 4.74 Å². The molecule has 70 valence electrons. The molecule has 1 fully saturated rings. The molecule has 0 N–H and O–H groups in total. The van der Waals surface area contributed by atoms with Crippen molar-refractivity contribution in [2.24, 2.45) is 5.92 Å². The first-order valence-electron chi connectivity index (χ1n) is 4.61. The van der Waals surface area contributed by atoms with Crippen LogP contribution in [0.15, 0.2) is 24.3 Å². The van der Waals surface area contributed by atoms with Crippen LogP contribution in [0.1, 0.15) is 18.4 Å². The lowest BCUT2D eigenvalue weighted by atomic mass is 9.90. The van der Waals surface area contributed by atoms with Gasteiger partial charge in [0.2, 0.25) is 0 Å². The zero-order valence-corrected chi connectivity index (χ0v) is 7.66. The van der Waals surface area contributed by atoms with E-state index in [0.29, 0.717) is 12.5 Å². The lowest BCUT2D eigenvalue weighted by Gasteiger charge is -2.13. The maximum absolute atomic E-state index is 13.4. The molecule has 0 bridgehead atoms. The van der Waals surface area contributed by atoms with Gasteiger partial charge in [0.25, 0.3) is 0 Å². The van der Waals surface area contributed by atoms with E-state index in [0.717, 1.165) is 12.2 Å². The number of rotatable bonds is 1. The summed E-state index contributed by atoms with van der Waals surface area (Å²) in [4.78, 5) is 0. The zero-order chi connectivity index (χ0) is 9.26. The van der Waals surface area contributed by atoms with Crippen molar-refractivity contribution >= 4 is 0 Å². The highest BCUT2D eigenvalue weighted by Gasteiger charge is 2.27. The van der Waals surface area contributed by atoms with Gasteiger partial charge in [0.1, 0.15) is 5.82 Å². The highest BCUT2D eigenvalue weighted by atomic mass is 19.1. The number of benzene rings is 1. The highest BCUT2D eigenvalue weighted by Crippen LogP contribution is 2.31. The van der Waals surface area contributed by atoms with Gasteiger partial charge in [-0.05, 0) is 17.5 Å². The maximum atomic E-state index is 13.4. The Balaban J connectivity index is 2.29. The van der Waals surface area contributed by atoms with E-state index >= 15 is 0 Å². The quantitative estimate of drug-likeness (QED) is 0.645. The molecule has 0 spiro atoms. The van der Waals surface area contributed by atoms with Crippen LogP contribution in [0.2, 0.25) is 0 Å². The second-order valence-corrected chi connectivity index (χ2v) is 3.64. The molecule has 1 aliphatic rings. The molecule has 2 rings (SSSR count). The molecule has 2 heteroatoms. The van der Waals surface area contributed by atoms with E-state index in [9.17, 15) is 4.39 Å². The molecule has 13 heavy (non-hydrogen) atoms. The zero-order valence-electron chi connectivity index (χ0n) is 7.66. The predicted octanol–water partition coefficient (Wildman–Crippen LogP) is 2.58. The Hall–Kier alpha value is -0.890. The first kappa shape index (κ1) is 8.70. The van der Waals surface area contributed by atoms with Gasteiger partial charge in [-0.2, -0.15) is 0 Å². The molecule has 0 saturated carbocycles. The SMILES string of the molecule is C[C@@H]1COC[C@H]1c1ccccc1F. The molecular formula is C11H13FO. The number of ether oxygens (including phenoxy) is 1. The van der Waals surface area contributed by atoms with Crippen LogP contribution in [0.5, 0.6) is 0 Å². The number of hydrogen-bond acceptors (Lipinski definition) is 1. The van der Waals surface area contributed by atoms with Crippen LogP contribution in [0.3, 0.4) is 0 Å². The first-order valence-corrected chi connectivity index (χ1v) is 4.61. The summed E-state index contributed by atoms with van der Waals surface area (Å²) in [5, 5.41) is 0. The summed E-state index contributed by atoms with van der Waals surface area (Å²) in [5.41, 5.74) is 0.799. The Kier molecular flexibility index (Phi) is 2.32. The molecule has 1 aromatic carbocycles. The Morgan fingerprint density at radius 3 is 2.69 bits per heavy atom. The highest BCUT2D eigenvalue weighted by molar-refractivity contribution is 5.23. The molecule has 2 atom stereocenters. The first-order chi connectivity index (χ1) is 6.29. The largest absolute Gasteiger partial charge is 0.381 e. The summed E-state index contributed by atoms with van der Waals surface area (Å²) in [7, 11) is 0. The number of hydrogen-bond donors (Lipinski definition) is 0. The molecule has 0 aromatic heterocycles. The molecule has 0 amide bonds. The molecule has 1 aromatic rings. The molecule has 0 aliphatic carbocycles. The molecule has 1 saturated heterocycles. The maximum Gasteiger partial charge on any atom is 0.126 e. The molecule has 0 radical (unpaired) electrons. The summed E-state index contributed by atoms with van der Waals surface area (Å²) in [6.07, 6.45) is 0. The molecule has 0 unspecified atom stereocenters. The van der Waals surface area contributed by atoms with Crippen LogP contribution in [0.4, 0.5) is 4.39 Å². The Morgan fingerprint density at radius 2 is 2.08 bits per heavy atom. The lowest BCUT2D eigenvalue weighted by Crippen LogP contribution is -2.08. The minimum absolute atomic E-state index is 0.107. The number of halogens is 1. The average Bonchev–Trinajstić information content (AvgIpc) is 2.52. The molecule has 1 aliphatic heterocycles. The van der Waals surface area contributed by atoms with Crippen molar-refractivity contribution in [3.8, 4) is 0 Å². The van der Waals surface area contributed by atoms with Crippen molar-refractivity contribution in [3.05, 3.63) is 35.6 Å². The van der Waals surface area contributed by atoms with Gasteiger partial charge in [-0.3, -0.25) is 0 Å². The lowest BCUT2D eigenvalue weighted by molar-refractivity contribution is 0.186. The third-order valence-electron chi connectivity index (χ3n) is 2.67. The van der Waals surface area contributed by atoms with E-state index in [4.69, 9.17) is 4.74 Å². The molecule has 1 heterocycles. The van der Waals surface area contributed by atoms with Crippen LogP contribution >= 0.6 is 0 Å². The average molecular weight is 180 g/mol. The van der Waals surface area contributed by atoms with Crippen molar-refractivity contribution in [2.45, 2.75) is 12.8 Å². The van der Waals surface area contributed by atoms with E-state index < -0.39 is 0 Å². The van der Waals surface area contributed by atoms with Crippen LogP contribution in [-0.2, 0) is 4.74 Å². The van der Waals surface area contributed by atoms with E-state index in [1.54, 1.807) is 6.07 Å². The Labute approximate surface area is 77.5 Å². The normalized spacial score (nSPS) is 27.8. The van der Waals surface area contributed by atoms with Gasteiger partial charge in [0, 0.05) is 12.5 Å². The summed E-state index contributed by atoms with van der Waals surface area (Å²) in [6, 6.07) is 6.97. The van der Waals surface area contributed by atoms with Gasteiger partial charge in [0.05, 0.1) is 6.61 Å². The fourth-order valence-electron chi connectivity index (χ4n) is 1.83. The Bertz CT molecular complexity index is 298. The van der Waals surface area contributed by atoms with Gasteiger partial charge >= 0.3 is 0 Å². The van der Waals surface area contributed by atoms with Gasteiger partial charge in [-0.25, -0.2) is 4.39 Å². The van der Waals surface area contributed by atoms with Gasteiger partial charge in [0.15, 0.2) is 0 Å². The predicted molar refractivity (Wildman–Crippen MR) is 49.1 cm³/mol. The minimum atomic E-state index is -0.107. The van der Waals surface area contributed by atoms with Crippen LogP contribution < -0.4 is 0 Å². The minimum Gasteiger partial charge on any atom is -0.381 e. The van der Waals surface area contributed by atoms with Crippen LogP contribution in [0.25, 0.3) is 0 Å². The summed E-state index contributed by atoms with van der Waals surface area (Å²) in [5.74, 6) is 0.558. The van der Waals surface area contributed by atoms with Crippen LogP contribution in [-0.4, -0.2) is 13.2 Å². The van der Waals surface area contributed by atoms with Crippen molar-refractivity contribution in [1.82, 2.24) is 0 Å². The van der Waals surface area contributed by atoms with E-state index in [1.165, 1.54) is 6.07 Å². The second-order valence-electron chi connectivity index (χ2n) is 3.64. The van der Waals surface area contributed by atoms with Gasteiger partial charge in [-0.1, -0.05) is 25.1 Å². The fraction of sp³-hybridized carbons (Fsp3) is 0.455. The van der Waals surface area contributed by atoms with E-state index in [-0.39, 0.29) is 11.7 Å². The van der Waals surface area contributed by atoms with Crippen molar-refractivity contribution < 1.29 is 9.13 Å². The summed E-state index contributed by atoms with van der Waals surface area (Å²) >= 11 is 0. The topological polar surface area (TPSA) is 9.23 Å². The standard InChI is InChI=1S/C11H13FO/c1-8-6-13-7-10(8)9-4-2-3-5-11(9)12/h2-5,8,10H,6-7H2,1H3/t8-,10-/m1/s1. The van der Waals surface area contributed by atoms with Crippen molar-refractivity contribution in [1.29, 1.82) is 0 Å². The Morgan fingerprint density at radius 1 is 1.31 bits per heavy atom. The van der Waals surface area contributed by atoms with E-state index in [1.807, 2.05) is 12.1 Å². The molecule has 1 nitrogen and oxygen atoms in total.